The number of benzene rings is 1. The van der Waals surface area contributed by atoms with Gasteiger partial charge in [0.25, 0.3) is 5.91 Å². The van der Waals surface area contributed by atoms with Crippen molar-refractivity contribution in [1.29, 1.82) is 0 Å². The highest BCUT2D eigenvalue weighted by atomic mass is 19.4. The Bertz CT molecular complexity index is 726. The molecule has 24 heavy (non-hydrogen) atoms. The van der Waals surface area contributed by atoms with Crippen molar-refractivity contribution < 1.29 is 27.5 Å². The molecule has 1 heterocycles. The van der Waals surface area contributed by atoms with Gasteiger partial charge in [-0.05, 0) is 30.3 Å². The Balaban J connectivity index is 1.83. The maximum atomic E-state index is 12.0. The summed E-state index contributed by atoms with van der Waals surface area (Å²) in [7, 11) is 1.65. The van der Waals surface area contributed by atoms with Gasteiger partial charge >= 0.3 is 6.36 Å². The van der Waals surface area contributed by atoms with Crippen LogP contribution < -0.4 is 15.4 Å². The Hall–Kier alpha value is -3.04. The molecule has 2 aromatic rings. The van der Waals surface area contributed by atoms with Gasteiger partial charge in [-0.3, -0.25) is 14.3 Å². The predicted octanol–water partition coefficient (Wildman–Crippen LogP) is 1.69. The summed E-state index contributed by atoms with van der Waals surface area (Å²) in [5.41, 5.74) is 0.431. The zero-order chi connectivity index (χ0) is 17.7. The largest absolute Gasteiger partial charge is 0.573 e. The average Bonchev–Trinajstić information content (AvgIpc) is 2.92. The number of nitrogens with one attached hydrogen (secondary N) is 2. The summed E-state index contributed by atoms with van der Waals surface area (Å²) in [5.74, 6) is -1.45. The minimum atomic E-state index is -4.78. The van der Waals surface area contributed by atoms with Crippen LogP contribution in [-0.2, 0) is 11.8 Å². The molecule has 1 aromatic heterocycles. The molecule has 2 amide bonds. The Morgan fingerprint density at radius 1 is 1.21 bits per heavy atom. The molecule has 0 saturated heterocycles. The molecule has 1 aromatic carbocycles. The molecule has 0 bridgehead atoms. The van der Waals surface area contributed by atoms with Crippen LogP contribution in [0.5, 0.6) is 5.75 Å². The van der Waals surface area contributed by atoms with Gasteiger partial charge in [-0.15, -0.1) is 13.2 Å². The normalized spacial score (nSPS) is 11.0. The SMILES string of the molecule is Cn1ccc(C(=O)NCC(=O)Nc2ccc(OC(F)(F)F)cc2)n1. The standard InChI is InChI=1S/C14H13F3N4O3/c1-21-7-6-11(20-21)13(23)18-8-12(22)19-9-2-4-10(5-3-9)24-14(15,16)17/h2-7H,8H2,1H3,(H,18,23)(H,19,22). The summed E-state index contributed by atoms with van der Waals surface area (Å²) in [6, 6.07) is 6.12. The van der Waals surface area contributed by atoms with Crippen LogP contribution in [0.2, 0.25) is 0 Å². The van der Waals surface area contributed by atoms with E-state index < -0.39 is 23.9 Å². The lowest BCUT2D eigenvalue weighted by atomic mass is 10.3. The first-order chi connectivity index (χ1) is 11.2. The van der Waals surface area contributed by atoms with E-state index in [4.69, 9.17) is 0 Å². The molecule has 7 nitrogen and oxygen atoms in total. The highest BCUT2D eigenvalue weighted by Crippen LogP contribution is 2.23. The fourth-order valence-electron chi connectivity index (χ4n) is 1.73. The van der Waals surface area contributed by atoms with Gasteiger partial charge in [-0.25, -0.2) is 0 Å². The van der Waals surface area contributed by atoms with E-state index >= 15 is 0 Å². The maximum Gasteiger partial charge on any atom is 0.573 e. The van der Waals surface area contributed by atoms with Crippen LogP contribution in [-0.4, -0.2) is 34.5 Å². The third-order valence-corrected chi connectivity index (χ3v) is 2.73. The van der Waals surface area contributed by atoms with Crippen molar-refractivity contribution >= 4 is 17.5 Å². The number of hydrogen-bond donors (Lipinski definition) is 2. The summed E-state index contributed by atoms with van der Waals surface area (Å²) >= 11 is 0. The summed E-state index contributed by atoms with van der Waals surface area (Å²) in [6.45, 7) is -0.309. The quantitative estimate of drug-likeness (QED) is 0.866. The number of amides is 2. The number of halogens is 3. The van der Waals surface area contributed by atoms with Gasteiger partial charge in [0, 0.05) is 18.9 Å². The third-order valence-electron chi connectivity index (χ3n) is 2.73. The van der Waals surface area contributed by atoms with Gasteiger partial charge < -0.3 is 15.4 Å². The lowest BCUT2D eigenvalue weighted by Gasteiger charge is -2.10. The van der Waals surface area contributed by atoms with Gasteiger partial charge in [0.05, 0.1) is 6.54 Å². The molecular weight excluding hydrogens is 329 g/mol. The number of anilines is 1. The van der Waals surface area contributed by atoms with Crippen LogP contribution in [0.1, 0.15) is 10.5 Å². The number of aromatic nitrogens is 2. The zero-order valence-electron chi connectivity index (χ0n) is 12.4. The van der Waals surface area contributed by atoms with Crippen molar-refractivity contribution in [3.8, 4) is 5.75 Å². The molecule has 0 aliphatic carbocycles. The first-order valence-electron chi connectivity index (χ1n) is 6.66. The van der Waals surface area contributed by atoms with Crippen molar-refractivity contribution in [3.63, 3.8) is 0 Å². The third kappa shape index (κ3) is 5.30. The lowest BCUT2D eigenvalue weighted by molar-refractivity contribution is -0.274. The highest BCUT2D eigenvalue weighted by Gasteiger charge is 2.30. The molecule has 128 valence electrons. The molecule has 0 atom stereocenters. The van der Waals surface area contributed by atoms with Crippen LogP contribution in [0.4, 0.5) is 18.9 Å². The number of nitrogens with zero attached hydrogens (tertiary/aromatic N) is 2. The average molecular weight is 342 g/mol. The summed E-state index contributed by atoms with van der Waals surface area (Å²) < 4.78 is 41.2. The van der Waals surface area contributed by atoms with E-state index in [1.807, 2.05) is 0 Å². The van der Waals surface area contributed by atoms with Crippen molar-refractivity contribution in [2.75, 3.05) is 11.9 Å². The van der Waals surface area contributed by atoms with E-state index in [9.17, 15) is 22.8 Å². The van der Waals surface area contributed by atoms with Crippen LogP contribution >= 0.6 is 0 Å². The Morgan fingerprint density at radius 3 is 2.42 bits per heavy atom. The zero-order valence-corrected chi connectivity index (χ0v) is 12.4. The van der Waals surface area contributed by atoms with E-state index in [0.717, 1.165) is 12.1 Å². The molecule has 0 unspecified atom stereocenters. The van der Waals surface area contributed by atoms with Crippen molar-refractivity contribution in [2.24, 2.45) is 7.05 Å². The Labute approximate surface area is 134 Å². The predicted molar refractivity (Wildman–Crippen MR) is 77.3 cm³/mol. The molecule has 0 radical (unpaired) electrons. The molecule has 0 spiro atoms. The first-order valence-corrected chi connectivity index (χ1v) is 6.66. The molecular formula is C14H13F3N4O3. The molecule has 2 N–H and O–H groups in total. The highest BCUT2D eigenvalue weighted by molar-refractivity contribution is 5.98. The minimum Gasteiger partial charge on any atom is -0.406 e. The molecule has 0 aliphatic rings. The molecule has 10 heteroatoms. The van der Waals surface area contributed by atoms with Gasteiger partial charge in [-0.2, -0.15) is 5.10 Å². The number of rotatable bonds is 5. The number of alkyl halides is 3. The topological polar surface area (TPSA) is 85.2 Å². The lowest BCUT2D eigenvalue weighted by Crippen LogP contribution is -2.33. The van der Waals surface area contributed by atoms with E-state index in [2.05, 4.69) is 20.5 Å². The Morgan fingerprint density at radius 2 is 1.88 bits per heavy atom. The fourth-order valence-corrected chi connectivity index (χ4v) is 1.73. The summed E-state index contributed by atoms with van der Waals surface area (Å²) in [6.07, 6.45) is -3.19. The van der Waals surface area contributed by atoms with Crippen LogP contribution in [0.25, 0.3) is 0 Å². The van der Waals surface area contributed by atoms with Crippen LogP contribution in [0.3, 0.4) is 0 Å². The van der Waals surface area contributed by atoms with Crippen molar-refractivity contribution in [1.82, 2.24) is 15.1 Å². The molecule has 0 saturated carbocycles. The monoisotopic (exact) mass is 342 g/mol. The second kappa shape index (κ2) is 7.02. The minimum absolute atomic E-state index is 0.166. The first kappa shape index (κ1) is 17.3. The van der Waals surface area contributed by atoms with Gasteiger partial charge in [0.15, 0.2) is 0 Å². The van der Waals surface area contributed by atoms with Crippen LogP contribution in [0.15, 0.2) is 36.5 Å². The van der Waals surface area contributed by atoms with Crippen LogP contribution in [0, 0.1) is 0 Å². The number of ether oxygens (including phenoxy) is 1. The smallest absolute Gasteiger partial charge is 0.406 e. The second-order valence-corrected chi connectivity index (χ2v) is 4.68. The second-order valence-electron chi connectivity index (χ2n) is 4.68. The fraction of sp³-hybridized carbons (Fsp3) is 0.214. The van der Waals surface area contributed by atoms with Gasteiger partial charge in [-0.1, -0.05) is 0 Å². The number of hydrogen-bond acceptors (Lipinski definition) is 4. The van der Waals surface area contributed by atoms with E-state index in [0.29, 0.717) is 0 Å². The van der Waals surface area contributed by atoms with E-state index in [-0.39, 0.29) is 17.9 Å². The number of aryl methyl sites for hydroxylation is 1. The van der Waals surface area contributed by atoms with Crippen molar-refractivity contribution in [2.45, 2.75) is 6.36 Å². The molecule has 2 rings (SSSR count). The summed E-state index contributed by atoms with van der Waals surface area (Å²) in [4.78, 5) is 23.4. The summed E-state index contributed by atoms with van der Waals surface area (Å²) in [5, 5.41) is 8.68. The Kier molecular flexibility index (Phi) is 5.07. The van der Waals surface area contributed by atoms with Gasteiger partial charge in [0.1, 0.15) is 11.4 Å². The molecule has 0 aliphatic heterocycles. The van der Waals surface area contributed by atoms with E-state index in [1.54, 1.807) is 13.2 Å². The maximum absolute atomic E-state index is 12.0. The van der Waals surface area contributed by atoms with E-state index in [1.165, 1.54) is 22.9 Å². The van der Waals surface area contributed by atoms with Crippen molar-refractivity contribution in [3.05, 3.63) is 42.2 Å². The van der Waals surface area contributed by atoms with Gasteiger partial charge in [0.2, 0.25) is 5.91 Å². The number of carbonyl (C=O) groups is 2. The molecule has 0 fully saturated rings. The number of carbonyl (C=O) groups excluding carboxylic acids is 2.